The van der Waals surface area contributed by atoms with Crippen LogP contribution in [0.3, 0.4) is 0 Å². The van der Waals surface area contributed by atoms with Crippen LogP contribution in [0.25, 0.3) is 0 Å². The average Bonchev–Trinajstić information content (AvgIpc) is 2.91. The number of anilines is 1. The zero-order valence-corrected chi connectivity index (χ0v) is 11.4. The zero-order chi connectivity index (χ0) is 14.4. The van der Waals surface area contributed by atoms with E-state index in [1.165, 1.54) is 0 Å². The number of pyridine rings is 1. The molecule has 1 aliphatic rings. The molecule has 1 fully saturated rings. The third-order valence-electron chi connectivity index (χ3n) is 3.53. The van der Waals surface area contributed by atoms with Gasteiger partial charge in [0.2, 0.25) is 5.91 Å². The lowest BCUT2D eigenvalue weighted by atomic mass is 10.1. The predicted molar refractivity (Wildman–Crippen MR) is 75.8 cm³/mol. The third-order valence-corrected chi connectivity index (χ3v) is 3.53. The molecule has 1 aliphatic heterocycles. The predicted octanol–water partition coefficient (Wildman–Crippen LogP) is 0.562. The summed E-state index contributed by atoms with van der Waals surface area (Å²) in [6.07, 6.45) is 3.18. The zero-order valence-electron chi connectivity index (χ0n) is 11.4. The van der Waals surface area contributed by atoms with Crippen LogP contribution in [-0.2, 0) is 4.79 Å². The molecule has 106 valence electrons. The van der Waals surface area contributed by atoms with Crippen LogP contribution in [0, 0.1) is 17.2 Å². The number of nitrogens with zero attached hydrogens (tertiary/aromatic N) is 3. The van der Waals surface area contributed by atoms with E-state index in [0.717, 1.165) is 32.6 Å². The van der Waals surface area contributed by atoms with Gasteiger partial charge in [-0.05, 0) is 31.0 Å². The van der Waals surface area contributed by atoms with Gasteiger partial charge in [0.15, 0.2) is 0 Å². The van der Waals surface area contributed by atoms with E-state index in [1.807, 2.05) is 0 Å². The molecule has 1 saturated heterocycles. The van der Waals surface area contributed by atoms with Crippen LogP contribution >= 0.6 is 0 Å². The summed E-state index contributed by atoms with van der Waals surface area (Å²) in [7, 11) is 0. The number of rotatable bonds is 6. The molecule has 3 N–H and O–H groups in total. The van der Waals surface area contributed by atoms with Gasteiger partial charge in [-0.15, -0.1) is 0 Å². The average molecular weight is 273 g/mol. The number of hydrogen-bond donors (Lipinski definition) is 2. The van der Waals surface area contributed by atoms with Gasteiger partial charge in [0.05, 0.1) is 5.56 Å². The Kier molecular flexibility index (Phi) is 4.91. The Morgan fingerprint density at radius 2 is 2.50 bits per heavy atom. The second-order valence-electron chi connectivity index (χ2n) is 5.06. The molecule has 1 aromatic rings. The molecule has 2 heterocycles. The Balaban J connectivity index is 1.78. The van der Waals surface area contributed by atoms with Gasteiger partial charge in [-0.2, -0.15) is 5.26 Å². The summed E-state index contributed by atoms with van der Waals surface area (Å²) < 4.78 is 0. The summed E-state index contributed by atoms with van der Waals surface area (Å²) in [5, 5.41) is 12.2. The van der Waals surface area contributed by atoms with Crippen molar-refractivity contribution in [1.29, 1.82) is 5.26 Å². The largest absolute Gasteiger partial charge is 0.370 e. The van der Waals surface area contributed by atoms with Crippen molar-refractivity contribution < 1.29 is 4.79 Å². The summed E-state index contributed by atoms with van der Waals surface area (Å²) in [4.78, 5) is 17.2. The summed E-state index contributed by atoms with van der Waals surface area (Å²) in [6.45, 7) is 3.47. The lowest BCUT2D eigenvalue weighted by Crippen LogP contribution is -2.27. The highest BCUT2D eigenvalue weighted by Gasteiger charge is 2.22. The van der Waals surface area contributed by atoms with Crippen molar-refractivity contribution in [1.82, 2.24) is 9.88 Å². The second-order valence-corrected chi connectivity index (χ2v) is 5.06. The number of carbonyl (C=O) groups excluding carboxylic acids is 1. The number of hydrogen-bond acceptors (Lipinski definition) is 5. The molecule has 0 saturated carbocycles. The Morgan fingerprint density at radius 1 is 1.65 bits per heavy atom. The van der Waals surface area contributed by atoms with E-state index < -0.39 is 0 Å². The van der Waals surface area contributed by atoms with Crippen LogP contribution in [0.5, 0.6) is 0 Å². The highest BCUT2D eigenvalue weighted by atomic mass is 16.1. The smallest absolute Gasteiger partial charge is 0.218 e. The normalized spacial score (nSPS) is 18.6. The number of likely N-dealkylation sites (tertiary alicyclic amines) is 1. The molecule has 0 bridgehead atoms. The highest BCUT2D eigenvalue weighted by Crippen LogP contribution is 2.18. The molecule has 1 aromatic heterocycles. The van der Waals surface area contributed by atoms with Crippen LogP contribution in [-0.4, -0.2) is 42.0 Å². The Bertz CT molecular complexity index is 511. The quantitative estimate of drug-likeness (QED) is 0.789. The van der Waals surface area contributed by atoms with E-state index in [4.69, 9.17) is 11.0 Å². The van der Waals surface area contributed by atoms with Gasteiger partial charge >= 0.3 is 0 Å². The number of nitrogens with two attached hydrogens (primary N) is 1. The van der Waals surface area contributed by atoms with Crippen LogP contribution in [0.4, 0.5) is 5.82 Å². The van der Waals surface area contributed by atoms with Crippen LogP contribution < -0.4 is 11.1 Å². The maximum Gasteiger partial charge on any atom is 0.218 e. The first kappa shape index (κ1) is 14.3. The number of carbonyl (C=O) groups is 1. The van der Waals surface area contributed by atoms with E-state index in [9.17, 15) is 4.79 Å². The molecule has 20 heavy (non-hydrogen) atoms. The fourth-order valence-corrected chi connectivity index (χ4v) is 2.43. The van der Waals surface area contributed by atoms with Gasteiger partial charge in [0.1, 0.15) is 11.9 Å². The van der Waals surface area contributed by atoms with Crippen LogP contribution in [0.1, 0.15) is 18.4 Å². The Morgan fingerprint density at radius 3 is 3.25 bits per heavy atom. The minimum atomic E-state index is -0.251. The molecule has 0 unspecified atom stereocenters. The van der Waals surface area contributed by atoms with E-state index in [1.54, 1.807) is 18.3 Å². The third kappa shape index (κ3) is 3.93. The number of amides is 1. The fraction of sp³-hybridized carbons (Fsp3) is 0.500. The lowest BCUT2D eigenvalue weighted by molar-refractivity contribution is -0.118. The first-order chi connectivity index (χ1) is 9.69. The molecule has 1 atom stereocenters. The van der Waals surface area contributed by atoms with Crippen LogP contribution in [0.2, 0.25) is 0 Å². The van der Waals surface area contributed by atoms with E-state index >= 15 is 0 Å². The van der Waals surface area contributed by atoms with Gasteiger partial charge in [-0.3, -0.25) is 4.79 Å². The minimum absolute atomic E-state index is 0.251. The first-order valence-corrected chi connectivity index (χ1v) is 6.78. The van der Waals surface area contributed by atoms with E-state index in [2.05, 4.69) is 21.3 Å². The highest BCUT2D eigenvalue weighted by molar-refractivity contribution is 5.73. The SMILES string of the molecule is N#Cc1cccnc1NC[C@@H]1CCN(CCC(N)=O)C1. The number of nitriles is 1. The fourth-order valence-electron chi connectivity index (χ4n) is 2.43. The van der Waals surface area contributed by atoms with Crippen molar-refractivity contribution in [3.63, 3.8) is 0 Å². The first-order valence-electron chi connectivity index (χ1n) is 6.78. The molecule has 0 aromatic carbocycles. The second kappa shape index (κ2) is 6.87. The maximum absolute atomic E-state index is 10.8. The van der Waals surface area contributed by atoms with E-state index in [0.29, 0.717) is 23.7 Å². The summed E-state index contributed by atoms with van der Waals surface area (Å²) in [5.41, 5.74) is 5.72. The van der Waals surface area contributed by atoms with Crippen molar-refractivity contribution in [2.45, 2.75) is 12.8 Å². The molecule has 0 aliphatic carbocycles. The number of nitrogens with one attached hydrogen (secondary N) is 1. The molecule has 6 nitrogen and oxygen atoms in total. The number of aromatic nitrogens is 1. The van der Waals surface area contributed by atoms with Gasteiger partial charge < -0.3 is 16.0 Å². The molecule has 0 spiro atoms. The molecular weight excluding hydrogens is 254 g/mol. The van der Waals surface area contributed by atoms with Crippen molar-refractivity contribution in [2.24, 2.45) is 11.7 Å². The molecule has 2 rings (SSSR count). The summed E-state index contributed by atoms with van der Waals surface area (Å²) >= 11 is 0. The van der Waals surface area contributed by atoms with Gasteiger partial charge in [0.25, 0.3) is 0 Å². The van der Waals surface area contributed by atoms with Crippen molar-refractivity contribution in [3.05, 3.63) is 23.9 Å². The van der Waals surface area contributed by atoms with Gasteiger partial charge in [-0.1, -0.05) is 0 Å². The molecule has 0 radical (unpaired) electrons. The maximum atomic E-state index is 10.8. The lowest BCUT2D eigenvalue weighted by Gasteiger charge is -2.15. The monoisotopic (exact) mass is 273 g/mol. The van der Waals surface area contributed by atoms with Crippen LogP contribution in [0.15, 0.2) is 18.3 Å². The van der Waals surface area contributed by atoms with Gasteiger partial charge in [0, 0.05) is 32.3 Å². The Labute approximate surface area is 118 Å². The summed E-state index contributed by atoms with van der Waals surface area (Å²) in [6, 6.07) is 5.63. The molecule has 6 heteroatoms. The number of primary amides is 1. The molecule has 1 amide bonds. The van der Waals surface area contributed by atoms with Crippen molar-refractivity contribution in [3.8, 4) is 6.07 Å². The van der Waals surface area contributed by atoms with E-state index in [-0.39, 0.29) is 5.91 Å². The summed E-state index contributed by atoms with van der Waals surface area (Å²) in [5.74, 6) is 0.903. The standard InChI is InChI=1S/C14H19N5O/c15-8-12-2-1-5-17-14(12)18-9-11-3-6-19(10-11)7-4-13(16)20/h1-2,5,11H,3-4,6-7,9-10H2,(H2,16,20)(H,17,18)/t11-/m0/s1. The van der Waals surface area contributed by atoms with Crippen molar-refractivity contribution in [2.75, 3.05) is 31.5 Å². The molecular formula is C14H19N5O. The van der Waals surface area contributed by atoms with Crippen molar-refractivity contribution >= 4 is 11.7 Å². The van der Waals surface area contributed by atoms with Gasteiger partial charge in [-0.25, -0.2) is 4.98 Å². The minimum Gasteiger partial charge on any atom is -0.370 e. The Hall–Kier alpha value is -2.13. The topological polar surface area (TPSA) is 95.0 Å².